The van der Waals surface area contributed by atoms with E-state index in [4.69, 9.17) is 5.11 Å². The summed E-state index contributed by atoms with van der Waals surface area (Å²) in [6, 6.07) is 0. The average Bonchev–Trinajstić information content (AvgIpc) is 2.46. The number of carboxylic acids is 1. The molecule has 21 heavy (non-hydrogen) atoms. The molecule has 2 nitrogen and oxygen atoms in total. The van der Waals surface area contributed by atoms with Crippen LogP contribution in [0.25, 0.3) is 0 Å². The fourth-order valence-corrected chi connectivity index (χ4v) is 2.39. The normalized spacial score (nSPS) is 11.0. The van der Waals surface area contributed by atoms with Crippen LogP contribution in [0.2, 0.25) is 0 Å². The molecule has 0 bridgehead atoms. The molecule has 122 valence electrons. The quantitative estimate of drug-likeness (QED) is 0.269. The molecule has 1 N–H and O–H groups in total. The SMILES string of the molecule is C=CCCCCCC=CCCCCCCCCCC(=O)O. The smallest absolute Gasteiger partial charge is 0.303 e. The van der Waals surface area contributed by atoms with E-state index in [1.165, 1.54) is 64.2 Å². The van der Waals surface area contributed by atoms with Crippen molar-refractivity contribution in [3.05, 3.63) is 24.8 Å². The Hall–Kier alpha value is -1.05. The van der Waals surface area contributed by atoms with Crippen LogP contribution in [0.4, 0.5) is 0 Å². The first-order valence-electron chi connectivity index (χ1n) is 8.75. The zero-order valence-corrected chi connectivity index (χ0v) is 13.7. The molecule has 0 atom stereocenters. The van der Waals surface area contributed by atoms with Crippen LogP contribution >= 0.6 is 0 Å². The Labute approximate surface area is 131 Å². The van der Waals surface area contributed by atoms with Gasteiger partial charge in [-0.2, -0.15) is 0 Å². The number of carbonyl (C=O) groups is 1. The van der Waals surface area contributed by atoms with E-state index in [0.29, 0.717) is 6.42 Å². The lowest BCUT2D eigenvalue weighted by Gasteiger charge is -2.00. The molecule has 0 aromatic rings. The van der Waals surface area contributed by atoms with Crippen LogP contribution < -0.4 is 0 Å². The van der Waals surface area contributed by atoms with Crippen molar-refractivity contribution in [1.29, 1.82) is 0 Å². The molecular formula is C19H34O2. The number of unbranched alkanes of at least 4 members (excludes halogenated alkanes) is 11. The first-order chi connectivity index (χ1) is 10.3. The molecule has 0 aliphatic heterocycles. The molecule has 0 fully saturated rings. The third-order valence-corrected chi connectivity index (χ3v) is 3.71. The molecule has 0 unspecified atom stereocenters. The molecular weight excluding hydrogens is 260 g/mol. The molecule has 0 amide bonds. The molecule has 0 saturated carbocycles. The maximum absolute atomic E-state index is 10.3. The predicted molar refractivity (Wildman–Crippen MR) is 91.6 cm³/mol. The molecule has 0 aromatic carbocycles. The van der Waals surface area contributed by atoms with Crippen molar-refractivity contribution in [3.63, 3.8) is 0 Å². The molecule has 0 aromatic heterocycles. The summed E-state index contributed by atoms with van der Waals surface area (Å²) in [6.07, 6.45) is 22.7. The highest BCUT2D eigenvalue weighted by atomic mass is 16.4. The molecule has 0 aliphatic carbocycles. The van der Waals surface area contributed by atoms with Crippen molar-refractivity contribution in [2.75, 3.05) is 0 Å². The Morgan fingerprint density at radius 2 is 1.14 bits per heavy atom. The van der Waals surface area contributed by atoms with Crippen molar-refractivity contribution in [3.8, 4) is 0 Å². The van der Waals surface area contributed by atoms with Gasteiger partial charge in [0, 0.05) is 6.42 Å². The van der Waals surface area contributed by atoms with Crippen LogP contribution in [0.1, 0.15) is 89.9 Å². The van der Waals surface area contributed by atoms with E-state index in [1.54, 1.807) is 0 Å². The lowest BCUT2D eigenvalue weighted by atomic mass is 10.1. The van der Waals surface area contributed by atoms with Crippen LogP contribution in [0.15, 0.2) is 24.8 Å². The van der Waals surface area contributed by atoms with E-state index < -0.39 is 5.97 Å². The molecule has 0 radical (unpaired) electrons. The summed E-state index contributed by atoms with van der Waals surface area (Å²) >= 11 is 0. The van der Waals surface area contributed by atoms with Crippen molar-refractivity contribution in [2.45, 2.75) is 89.9 Å². The average molecular weight is 294 g/mol. The lowest BCUT2D eigenvalue weighted by molar-refractivity contribution is -0.137. The molecule has 0 aliphatic rings. The Balaban J connectivity index is 3.07. The van der Waals surface area contributed by atoms with Gasteiger partial charge in [-0.25, -0.2) is 0 Å². The monoisotopic (exact) mass is 294 g/mol. The highest BCUT2D eigenvalue weighted by Gasteiger charge is 1.96. The maximum atomic E-state index is 10.3. The van der Waals surface area contributed by atoms with Crippen LogP contribution in [0.5, 0.6) is 0 Å². The zero-order chi connectivity index (χ0) is 15.6. The Morgan fingerprint density at radius 1 is 0.714 bits per heavy atom. The fraction of sp³-hybridized carbons (Fsp3) is 0.737. The van der Waals surface area contributed by atoms with Crippen molar-refractivity contribution >= 4 is 5.97 Å². The van der Waals surface area contributed by atoms with Gasteiger partial charge in [0.25, 0.3) is 0 Å². The van der Waals surface area contributed by atoms with Crippen LogP contribution in [-0.2, 0) is 4.79 Å². The van der Waals surface area contributed by atoms with Crippen molar-refractivity contribution in [2.24, 2.45) is 0 Å². The van der Waals surface area contributed by atoms with Gasteiger partial charge in [0.2, 0.25) is 0 Å². The third kappa shape index (κ3) is 18.9. The van der Waals surface area contributed by atoms with E-state index in [0.717, 1.165) is 19.3 Å². The predicted octanol–water partition coefficient (Wildman–Crippen LogP) is 6.27. The van der Waals surface area contributed by atoms with E-state index in [2.05, 4.69) is 18.7 Å². The van der Waals surface area contributed by atoms with Crippen molar-refractivity contribution in [1.82, 2.24) is 0 Å². The Kier molecular flexibility index (Phi) is 16.2. The van der Waals surface area contributed by atoms with Gasteiger partial charge in [0.1, 0.15) is 0 Å². The summed E-state index contributed by atoms with van der Waals surface area (Å²) in [5.41, 5.74) is 0. The topological polar surface area (TPSA) is 37.3 Å². The highest BCUT2D eigenvalue weighted by Crippen LogP contribution is 2.10. The third-order valence-electron chi connectivity index (χ3n) is 3.71. The van der Waals surface area contributed by atoms with Crippen molar-refractivity contribution < 1.29 is 9.90 Å². The first kappa shape index (κ1) is 19.9. The van der Waals surface area contributed by atoms with Gasteiger partial charge in [0.15, 0.2) is 0 Å². The van der Waals surface area contributed by atoms with E-state index in [1.807, 2.05) is 6.08 Å². The number of allylic oxidation sites excluding steroid dienone is 3. The standard InChI is InChI=1S/C19H34O2/c1-2-3-4-5-6-7-8-9-10-11-12-13-14-15-16-17-18-19(20)21/h2,8-9H,1,3-7,10-18H2,(H,20,21). The number of hydrogen-bond donors (Lipinski definition) is 1. The second-order valence-electron chi connectivity index (χ2n) is 5.81. The van der Waals surface area contributed by atoms with Gasteiger partial charge in [-0.05, 0) is 44.9 Å². The summed E-state index contributed by atoms with van der Waals surface area (Å²) in [7, 11) is 0. The highest BCUT2D eigenvalue weighted by molar-refractivity contribution is 5.66. The molecule has 0 spiro atoms. The Bertz CT molecular complexity index is 269. The van der Waals surface area contributed by atoms with E-state index >= 15 is 0 Å². The van der Waals surface area contributed by atoms with E-state index in [-0.39, 0.29) is 0 Å². The zero-order valence-electron chi connectivity index (χ0n) is 13.7. The van der Waals surface area contributed by atoms with Gasteiger partial charge in [0.05, 0.1) is 0 Å². The van der Waals surface area contributed by atoms with Gasteiger partial charge in [-0.3, -0.25) is 4.79 Å². The van der Waals surface area contributed by atoms with E-state index in [9.17, 15) is 4.79 Å². The minimum atomic E-state index is -0.664. The first-order valence-corrected chi connectivity index (χ1v) is 8.75. The summed E-state index contributed by atoms with van der Waals surface area (Å²) in [4.78, 5) is 10.3. The molecule has 0 saturated heterocycles. The summed E-state index contributed by atoms with van der Waals surface area (Å²) in [6.45, 7) is 3.73. The maximum Gasteiger partial charge on any atom is 0.303 e. The van der Waals surface area contributed by atoms with Gasteiger partial charge in [-0.15, -0.1) is 6.58 Å². The van der Waals surface area contributed by atoms with Gasteiger partial charge >= 0.3 is 5.97 Å². The van der Waals surface area contributed by atoms with Gasteiger partial charge < -0.3 is 5.11 Å². The van der Waals surface area contributed by atoms with Gasteiger partial charge in [-0.1, -0.05) is 56.8 Å². The van der Waals surface area contributed by atoms with Crippen LogP contribution in [-0.4, -0.2) is 11.1 Å². The molecule has 0 rings (SSSR count). The van der Waals surface area contributed by atoms with Crippen LogP contribution in [0, 0.1) is 0 Å². The fourth-order valence-electron chi connectivity index (χ4n) is 2.39. The number of carboxylic acid groups (broad SMARTS) is 1. The number of hydrogen-bond acceptors (Lipinski definition) is 1. The Morgan fingerprint density at radius 3 is 1.67 bits per heavy atom. The van der Waals surface area contributed by atoms with Crippen LogP contribution in [0.3, 0.4) is 0 Å². The largest absolute Gasteiger partial charge is 0.481 e. The summed E-state index contributed by atoms with van der Waals surface area (Å²) in [5.74, 6) is -0.664. The molecule has 0 heterocycles. The second-order valence-corrected chi connectivity index (χ2v) is 5.81. The summed E-state index contributed by atoms with van der Waals surface area (Å²) in [5, 5.41) is 8.52. The summed E-state index contributed by atoms with van der Waals surface area (Å²) < 4.78 is 0. The minimum absolute atomic E-state index is 0.332. The lowest BCUT2D eigenvalue weighted by Crippen LogP contribution is -1.93. The number of aliphatic carboxylic acids is 1. The molecule has 2 heteroatoms. The second kappa shape index (κ2) is 17.0. The minimum Gasteiger partial charge on any atom is -0.481 e. The number of rotatable bonds is 16.